The maximum absolute atomic E-state index is 12.1. The number of aliphatic hydroxyl groups is 1. The van der Waals surface area contributed by atoms with Gasteiger partial charge in [-0.15, -0.1) is 0 Å². The molecule has 1 aromatic carbocycles. The van der Waals surface area contributed by atoms with E-state index in [0.717, 1.165) is 0 Å². The zero-order chi connectivity index (χ0) is 14.9. The summed E-state index contributed by atoms with van der Waals surface area (Å²) in [5, 5.41) is 18.0. The number of ether oxygens (including phenoxy) is 1. The van der Waals surface area contributed by atoms with Gasteiger partial charge in [-0.25, -0.2) is 0 Å². The number of nitrogens with one attached hydrogen (secondary N) is 1. The van der Waals surface area contributed by atoms with Crippen LogP contribution in [0.1, 0.15) is 35.7 Å². The molecule has 1 aliphatic rings. The summed E-state index contributed by atoms with van der Waals surface area (Å²) in [7, 11) is 1.45. The number of hydrogen-bond donors (Lipinski definition) is 2. The van der Waals surface area contributed by atoms with Gasteiger partial charge in [-0.3, -0.25) is 9.59 Å². The molecule has 0 aliphatic heterocycles. The zero-order valence-electron chi connectivity index (χ0n) is 11.3. The van der Waals surface area contributed by atoms with Crippen LogP contribution in [0.3, 0.4) is 0 Å². The first-order valence-electron chi connectivity index (χ1n) is 6.29. The molecule has 0 saturated heterocycles. The van der Waals surface area contributed by atoms with E-state index in [2.05, 4.69) is 0 Å². The van der Waals surface area contributed by atoms with Gasteiger partial charge in [0.25, 0.3) is 0 Å². The molecular weight excluding hydrogens is 258 g/mol. The van der Waals surface area contributed by atoms with Crippen molar-refractivity contribution in [2.75, 3.05) is 7.11 Å². The molecule has 1 aromatic rings. The number of ketones is 2. The van der Waals surface area contributed by atoms with Crippen molar-refractivity contribution in [3.05, 3.63) is 34.9 Å². The molecule has 5 heteroatoms. The lowest BCUT2D eigenvalue weighted by atomic mass is 9.85. The van der Waals surface area contributed by atoms with E-state index >= 15 is 0 Å². The van der Waals surface area contributed by atoms with Gasteiger partial charge in [-0.2, -0.15) is 0 Å². The molecule has 0 fully saturated rings. The summed E-state index contributed by atoms with van der Waals surface area (Å²) in [5.41, 5.74) is 0.186. The van der Waals surface area contributed by atoms with Crippen LogP contribution < -0.4 is 4.74 Å². The molecule has 0 saturated carbocycles. The van der Waals surface area contributed by atoms with Crippen molar-refractivity contribution in [2.24, 2.45) is 0 Å². The van der Waals surface area contributed by atoms with E-state index in [1.807, 2.05) is 6.92 Å². The van der Waals surface area contributed by atoms with E-state index in [1.54, 1.807) is 6.07 Å². The van der Waals surface area contributed by atoms with Crippen LogP contribution in [0.25, 0.3) is 5.76 Å². The average Bonchev–Trinajstić information content (AvgIpc) is 2.44. The molecule has 0 spiro atoms. The molecule has 104 valence electrons. The molecule has 0 bridgehead atoms. The summed E-state index contributed by atoms with van der Waals surface area (Å²) in [6.45, 7) is 1.86. The molecule has 0 atom stereocenters. The Hall–Kier alpha value is -2.43. The lowest BCUT2D eigenvalue weighted by Gasteiger charge is -2.18. The minimum atomic E-state index is -0.832. The predicted octanol–water partition coefficient (Wildman–Crippen LogP) is 2.55. The number of Topliss-reactive ketones (excluding diaryl/α,β-unsaturated/α-hetero) is 2. The van der Waals surface area contributed by atoms with Crippen LogP contribution in [0.15, 0.2) is 23.8 Å². The topological polar surface area (TPSA) is 87.4 Å². The Bertz CT molecular complexity index is 643. The van der Waals surface area contributed by atoms with Gasteiger partial charge in [0, 0.05) is 16.8 Å². The van der Waals surface area contributed by atoms with Crippen molar-refractivity contribution in [3.63, 3.8) is 0 Å². The fraction of sp³-hybridized carbons (Fsp3) is 0.267. The Morgan fingerprint density at radius 1 is 1.25 bits per heavy atom. The number of carbonyl (C=O) groups is 2. The van der Waals surface area contributed by atoms with E-state index in [1.165, 1.54) is 19.2 Å². The van der Waals surface area contributed by atoms with Crippen LogP contribution in [0, 0.1) is 5.41 Å². The highest BCUT2D eigenvalue weighted by Gasteiger charge is 2.34. The van der Waals surface area contributed by atoms with Crippen LogP contribution in [-0.4, -0.2) is 29.5 Å². The van der Waals surface area contributed by atoms with E-state index in [0.29, 0.717) is 18.6 Å². The Labute approximate surface area is 116 Å². The molecule has 2 rings (SSSR count). The van der Waals surface area contributed by atoms with Crippen molar-refractivity contribution in [1.29, 1.82) is 5.41 Å². The van der Waals surface area contributed by atoms with Gasteiger partial charge < -0.3 is 15.3 Å². The first kappa shape index (κ1) is 14.0. The second-order valence-corrected chi connectivity index (χ2v) is 4.52. The standard InChI is InChI=1S/C15H15NO4/c1-3-4-11(16)12-13(17)9-6-5-8(20-2)7-10(9)14(18)15(12)19/h5-7,16-17H,3-4H2,1-2H3. The molecule has 2 N–H and O–H groups in total. The molecule has 1 aliphatic carbocycles. The summed E-state index contributed by atoms with van der Waals surface area (Å²) in [4.78, 5) is 24.2. The maximum atomic E-state index is 12.1. The van der Waals surface area contributed by atoms with Gasteiger partial charge in [0.2, 0.25) is 11.6 Å². The van der Waals surface area contributed by atoms with E-state index in [4.69, 9.17) is 10.1 Å². The predicted molar refractivity (Wildman–Crippen MR) is 74.5 cm³/mol. The largest absolute Gasteiger partial charge is 0.506 e. The summed E-state index contributed by atoms with van der Waals surface area (Å²) in [6.07, 6.45) is 0.996. The van der Waals surface area contributed by atoms with Gasteiger partial charge in [-0.1, -0.05) is 13.3 Å². The Balaban J connectivity index is 2.62. The van der Waals surface area contributed by atoms with Gasteiger partial charge in [0.1, 0.15) is 11.5 Å². The second-order valence-electron chi connectivity index (χ2n) is 4.52. The summed E-state index contributed by atoms with van der Waals surface area (Å²) >= 11 is 0. The van der Waals surface area contributed by atoms with Gasteiger partial charge in [0.05, 0.1) is 12.7 Å². The lowest BCUT2D eigenvalue weighted by molar-refractivity contribution is -0.111. The third kappa shape index (κ3) is 2.11. The van der Waals surface area contributed by atoms with Crippen LogP contribution in [-0.2, 0) is 4.79 Å². The lowest BCUT2D eigenvalue weighted by Crippen LogP contribution is -2.28. The highest BCUT2D eigenvalue weighted by molar-refractivity contribution is 6.57. The SMILES string of the molecule is CCCC(=N)C1=C(O)c2ccc(OC)cc2C(=O)C1=O. The van der Waals surface area contributed by atoms with Gasteiger partial charge in [0.15, 0.2) is 0 Å². The van der Waals surface area contributed by atoms with Crippen LogP contribution in [0.5, 0.6) is 5.75 Å². The number of carbonyl (C=O) groups excluding carboxylic acids is 2. The number of aliphatic hydroxyl groups excluding tert-OH is 1. The Morgan fingerprint density at radius 2 is 1.95 bits per heavy atom. The van der Waals surface area contributed by atoms with Crippen LogP contribution >= 0.6 is 0 Å². The fourth-order valence-corrected chi connectivity index (χ4v) is 2.18. The first-order chi connectivity index (χ1) is 9.51. The molecular formula is C15H15NO4. The zero-order valence-corrected chi connectivity index (χ0v) is 11.3. The Morgan fingerprint density at radius 3 is 2.55 bits per heavy atom. The van der Waals surface area contributed by atoms with Gasteiger partial charge >= 0.3 is 0 Å². The molecule has 0 heterocycles. The average molecular weight is 273 g/mol. The quantitative estimate of drug-likeness (QED) is 0.652. The molecule has 20 heavy (non-hydrogen) atoms. The van der Waals surface area contributed by atoms with E-state index in [9.17, 15) is 14.7 Å². The van der Waals surface area contributed by atoms with Gasteiger partial charge in [-0.05, 0) is 24.6 Å². The number of hydrogen-bond acceptors (Lipinski definition) is 5. The fourth-order valence-electron chi connectivity index (χ4n) is 2.18. The minimum Gasteiger partial charge on any atom is -0.506 e. The van der Waals surface area contributed by atoms with Crippen LogP contribution in [0.2, 0.25) is 0 Å². The van der Waals surface area contributed by atoms with Crippen molar-refractivity contribution in [3.8, 4) is 5.75 Å². The summed E-state index contributed by atoms with van der Waals surface area (Å²) < 4.78 is 5.01. The number of methoxy groups -OCH3 is 1. The Kier molecular flexibility index (Phi) is 3.70. The number of benzene rings is 1. The van der Waals surface area contributed by atoms with Crippen molar-refractivity contribution in [2.45, 2.75) is 19.8 Å². The third-order valence-corrected chi connectivity index (χ3v) is 3.20. The molecule has 0 amide bonds. The smallest absolute Gasteiger partial charge is 0.239 e. The van der Waals surface area contributed by atoms with E-state index < -0.39 is 11.6 Å². The van der Waals surface area contributed by atoms with E-state index in [-0.39, 0.29) is 28.2 Å². The second kappa shape index (κ2) is 5.28. The monoisotopic (exact) mass is 273 g/mol. The normalized spacial score (nSPS) is 14.3. The third-order valence-electron chi connectivity index (χ3n) is 3.20. The summed E-state index contributed by atoms with van der Waals surface area (Å²) in [5.74, 6) is -1.41. The summed E-state index contributed by atoms with van der Waals surface area (Å²) in [6, 6.07) is 4.54. The van der Waals surface area contributed by atoms with Crippen molar-refractivity contribution in [1.82, 2.24) is 0 Å². The maximum Gasteiger partial charge on any atom is 0.239 e. The molecule has 5 nitrogen and oxygen atoms in total. The minimum absolute atomic E-state index is 0.00943. The van der Waals surface area contributed by atoms with Crippen molar-refractivity contribution >= 4 is 23.0 Å². The van der Waals surface area contributed by atoms with Crippen LogP contribution in [0.4, 0.5) is 0 Å². The molecule has 0 aromatic heterocycles. The molecule has 0 unspecified atom stereocenters. The number of fused-ring (bicyclic) bond motifs is 1. The first-order valence-corrected chi connectivity index (χ1v) is 6.29. The van der Waals surface area contributed by atoms with Crippen molar-refractivity contribution < 1.29 is 19.4 Å². The number of rotatable bonds is 4. The highest BCUT2D eigenvalue weighted by Crippen LogP contribution is 2.31. The highest BCUT2D eigenvalue weighted by atomic mass is 16.5. The number of allylic oxidation sites excluding steroid dienone is 1. The molecule has 0 radical (unpaired) electrons.